The largest absolute Gasteiger partial charge is 0.396 e. The molecule has 0 saturated carbocycles. The van der Waals surface area contributed by atoms with Crippen LogP contribution in [-0.2, 0) is 0 Å². The predicted octanol–water partition coefficient (Wildman–Crippen LogP) is 2.58. The Morgan fingerprint density at radius 2 is 2.18 bits per heavy atom. The number of para-hydroxylation sites is 1. The van der Waals surface area contributed by atoms with Crippen LogP contribution in [0.15, 0.2) is 35.4 Å². The van der Waals surface area contributed by atoms with Gasteiger partial charge in [-0.2, -0.15) is 5.26 Å². The van der Waals surface area contributed by atoms with Gasteiger partial charge in [0.25, 0.3) is 0 Å². The third kappa shape index (κ3) is 2.76. The molecule has 0 bridgehead atoms. The topological polar surface area (TPSA) is 56.9 Å². The first-order chi connectivity index (χ1) is 8.35. The average Bonchev–Trinajstić information content (AvgIpc) is 2.38. The fraction of sp³-hybridized carbons (Fsp3) is 0.231. The molecule has 0 fully saturated rings. The first-order valence-corrected chi connectivity index (χ1v) is 6.37. The molecule has 17 heavy (non-hydrogen) atoms. The van der Waals surface area contributed by atoms with Gasteiger partial charge in [-0.3, -0.25) is 0 Å². The standard InChI is InChI=1S/C13H12N2OS/c14-9-11-8-10-4-1-2-5-12(10)15-13(11)17-7-3-6-16/h1-2,4-5,8,16H,3,6-7H2. The van der Waals surface area contributed by atoms with Gasteiger partial charge in [-0.15, -0.1) is 11.8 Å². The molecule has 0 aliphatic carbocycles. The van der Waals surface area contributed by atoms with Crippen LogP contribution in [0.1, 0.15) is 12.0 Å². The zero-order chi connectivity index (χ0) is 12.1. The number of hydrogen-bond donors (Lipinski definition) is 1. The van der Waals surface area contributed by atoms with Gasteiger partial charge in [0, 0.05) is 17.7 Å². The molecule has 2 aromatic rings. The fourth-order valence-corrected chi connectivity index (χ4v) is 2.41. The summed E-state index contributed by atoms with van der Waals surface area (Å²) in [5.41, 5.74) is 1.50. The van der Waals surface area contributed by atoms with Crippen molar-refractivity contribution in [2.45, 2.75) is 11.4 Å². The summed E-state index contributed by atoms with van der Waals surface area (Å²) in [5.74, 6) is 0.774. The predicted molar refractivity (Wildman–Crippen MR) is 68.9 cm³/mol. The molecule has 0 atom stereocenters. The van der Waals surface area contributed by atoms with Crippen LogP contribution in [-0.4, -0.2) is 22.5 Å². The normalized spacial score (nSPS) is 10.4. The monoisotopic (exact) mass is 244 g/mol. The number of rotatable bonds is 4. The van der Waals surface area contributed by atoms with Crippen LogP contribution >= 0.6 is 11.8 Å². The van der Waals surface area contributed by atoms with E-state index in [1.54, 1.807) is 0 Å². The second-order valence-electron chi connectivity index (χ2n) is 3.57. The molecule has 0 spiro atoms. The summed E-state index contributed by atoms with van der Waals surface area (Å²) in [7, 11) is 0. The first-order valence-electron chi connectivity index (χ1n) is 5.38. The van der Waals surface area contributed by atoms with Crippen LogP contribution in [0, 0.1) is 11.3 Å². The molecule has 86 valence electrons. The average molecular weight is 244 g/mol. The van der Waals surface area contributed by atoms with Gasteiger partial charge in [0.15, 0.2) is 0 Å². The molecule has 0 aliphatic heterocycles. The Balaban J connectivity index is 2.36. The molecule has 1 N–H and O–H groups in total. The summed E-state index contributed by atoms with van der Waals surface area (Å²) in [6.07, 6.45) is 0.712. The van der Waals surface area contributed by atoms with Crippen molar-refractivity contribution in [3.8, 4) is 6.07 Å². The Kier molecular flexibility index (Phi) is 3.97. The molecule has 0 saturated heterocycles. The lowest BCUT2D eigenvalue weighted by atomic mass is 10.2. The lowest BCUT2D eigenvalue weighted by Crippen LogP contribution is -1.92. The zero-order valence-corrected chi connectivity index (χ0v) is 10.1. The molecular formula is C13H12N2OS. The first kappa shape index (κ1) is 11.9. The molecular weight excluding hydrogens is 232 g/mol. The lowest BCUT2D eigenvalue weighted by molar-refractivity contribution is 0.296. The summed E-state index contributed by atoms with van der Waals surface area (Å²) in [5, 5.41) is 19.6. The van der Waals surface area contributed by atoms with E-state index in [-0.39, 0.29) is 6.61 Å². The quantitative estimate of drug-likeness (QED) is 0.663. The second kappa shape index (κ2) is 5.67. The van der Waals surface area contributed by atoms with E-state index >= 15 is 0 Å². The van der Waals surface area contributed by atoms with Crippen molar-refractivity contribution in [3.05, 3.63) is 35.9 Å². The van der Waals surface area contributed by atoms with E-state index in [0.29, 0.717) is 12.0 Å². The number of fused-ring (bicyclic) bond motifs is 1. The van der Waals surface area contributed by atoms with E-state index in [2.05, 4.69) is 11.1 Å². The molecule has 1 heterocycles. The Labute approximate surface area is 104 Å². The van der Waals surface area contributed by atoms with E-state index in [0.717, 1.165) is 21.7 Å². The SMILES string of the molecule is N#Cc1cc2ccccc2nc1SCCCO. The molecule has 1 aromatic carbocycles. The zero-order valence-electron chi connectivity index (χ0n) is 9.26. The van der Waals surface area contributed by atoms with Crippen LogP contribution in [0.3, 0.4) is 0 Å². The number of hydrogen-bond acceptors (Lipinski definition) is 4. The van der Waals surface area contributed by atoms with E-state index in [1.165, 1.54) is 11.8 Å². The molecule has 0 amide bonds. The second-order valence-corrected chi connectivity index (χ2v) is 4.65. The van der Waals surface area contributed by atoms with Crippen LogP contribution in [0.5, 0.6) is 0 Å². The number of pyridine rings is 1. The van der Waals surface area contributed by atoms with Gasteiger partial charge in [-0.1, -0.05) is 18.2 Å². The highest BCUT2D eigenvalue weighted by molar-refractivity contribution is 7.99. The molecule has 1 aromatic heterocycles. The van der Waals surface area contributed by atoms with Gasteiger partial charge in [0.05, 0.1) is 11.1 Å². The Morgan fingerprint density at radius 3 is 2.94 bits per heavy atom. The van der Waals surface area contributed by atoms with Crippen LogP contribution in [0.4, 0.5) is 0 Å². The maximum Gasteiger partial charge on any atom is 0.115 e. The lowest BCUT2D eigenvalue weighted by Gasteiger charge is -2.04. The van der Waals surface area contributed by atoms with Crippen LogP contribution < -0.4 is 0 Å². The number of benzene rings is 1. The van der Waals surface area contributed by atoms with E-state index < -0.39 is 0 Å². The Bertz CT molecular complexity index is 563. The summed E-state index contributed by atoms with van der Waals surface area (Å²) >= 11 is 1.52. The van der Waals surface area contributed by atoms with Crippen LogP contribution in [0.25, 0.3) is 10.9 Å². The number of aliphatic hydroxyl groups is 1. The van der Waals surface area contributed by atoms with Gasteiger partial charge in [0.2, 0.25) is 0 Å². The van der Waals surface area contributed by atoms with Crippen molar-refractivity contribution in [3.63, 3.8) is 0 Å². The number of thioether (sulfide) groups is 1. The minimum atomic E-state index is 0.169. The number of aliphatic hydroxyl groups excluding tert-OH is 1. The maximum absolute atomic E-state index is 9.08. The van der Waals surface area contributed by atoms with Gasteiger partial charge in [-0.25, -0.2) is 4.98 Å². The Hall–Kier alpha value is -1.57. The third-order valence-corrected chi connectivity index (χ3v) is 3.43. The summed E-state index contributed by atoms with van der Waals surface area (Å²) in [6.45, 7) is 0.169. The highest BCUT2D eigenvalue weighted by Gasteiger charge is 2.06. The van der Waals surface area contributed by atoms with Crippen LogP contribution in [0.2, 0.25) is 0 Å². The van der Waals surface area contributed by atoms with Crippen molar-refractivity contribution in [2.24, 2.45) is 0 Å². The van der Waals surface area contributed by atoms with E-state index in [1.807, 2.05) is 30.3 Å². The highest BCUT2D eigenvalue weighted by atomic mass is 32.2. The minimum Gasteiger partial charge on any atom is -0.396 e. The van der Waals surface area contributed by atoms with Gasteiger partial charge in [-0.05, 0) is 18.6 Å². The molecule has 0 aliphatic rings. The van der Waals surface area contributed by atoms with Crippen molar-refractivity contribution < 1.29 is 5.11 Å². The van der Waals surface area contributed by atoms with Gasteiger partial charge >= 0.3 is 0 Å². The van der Waals surface area contributed by atoms with Crippen molar-refractivity contribution in [1.82, 2.24) is 4.98 Å². The van der Waals surface area contributed by atoms with E-state index in [4.69, 9.17) is 10.4 Å². The molecule has 4 heteroatoms. The summed E-state index contributed by atoms with van der Waals surface area (Å²) < 4.78 is 0. The van der Waals surface area contributed by atoms with Crippen molar-refractivity contribution in [2.75, 3.05) is 12.4 Å². The summed E-state index contributed by atoms with van der Waals surface area (Å²) in [4.78, 5) is 4.48. The van der Waals surface area contributed by atoms with Crippen molar-refractivity contribution in [1.29, 1.82) is 5.26 Å². The van der Waals surface area contributed by atoms with Gasteiger partial charge in [0.1, 0.15) is 11.1 Å². The Morgan fingerprint density at radius 1 is 1.35 bits per heavy atom. The fourth-order valence-electron chi connectivity index (χ4n) is 1.52. The molecule has 0 unspecified atom stereocenters. The minimum absolute atomic E-state index is 0.169. The number of aromatic nitrogens is 1. The number of nitrogens with zero attached hydrogens (tertiary/aromatic N) is 2. The molecule has 3 nitrogen and oxygen atoms in total. The molecule has 0 radical (unpaired) electrons. The maximum atomic E-state index is 9.08. The smallest absolute Gasteiger partial charge is 0.115 e. The van der Waals surface area contributed by atoms with Gasteiger partial charge < -0.3 is 5.11 Å². The molecule has 2 rings (SSSR count). The van der Waals surface area contributed by atoms with Crippen molar-refractivity contribution >= 4 is 22.7 Å². The summed E-state index contributed by atoms with van der Waals surface area (Å²) in [6, 6.07) is 11.8. The third-order valence-electron chi connectivity index (χ3n) is 2.35. The van der Waals surface area contributed by atoms with E-state index in [9.17, 15) is 0 Å². The highest BCUT2D eigenvalue weighted by Crippen LogP contribution is 2.24. The number of nitriles is 1.